The van der Waals surface area contributed by atoms with Crippen LogP contribution in [0, 0.1) is 5.92 Å². The molecule has 1 amide bonds. The zero-order valence-electron chi connectivity index (χ0n) is 16.9. The standard InChI is InChI=1S/C20H31N5O2/c1-15(2)25-14-22-18-11-17(12-21-19(18)25)20(26)23(3)13-16-5-7-24(8-6-16)9-10-27-4/h11-12,14-16H,5-10,13H2,1-4H3. The van der Waals surface area contributed by atoms with Gasteiger partial charge in [-0.1, -0.05) is 0 Å². The van der Waals surface area contributed by atoms with Crippen molar-refractivity contribution in [3.63, 3.8) is 0 Å². The molecule has 2 aromatic rings. The van der Waals surface area contributed by atoms with E-state index in [9.17, 15) is 4.79 Å². The summed E-state index contributed by atoms with van der Waals surface area (Å²) in [4.78, 5) is 26.0. The Labute approximate surface area is 161 Å². The number of carbonyl (C=O) groups excluding carboxylic acids is 1. The number of fused-ring (bicyclic) bond motifs is 1. The summed E-state index contributed by atoms with van der Waals surface area (Å²) in [6.45, 7) is 8.91. The molecule has 3 rings (SSSR count). The van der Waals surface area contributed by atoms with Crippen LogP contribution in [-0.4, -0.2) is 77.2 Å². The third-order valence-corrected chi connectivity index (χ3v) is 5.41. The van der Waals surface area contributed by atoms with Crippen LogP contribution in [0.3, 0.4) is 0 Å². The molecule has 1 saturated heterocycles. The van der Waals surface area contributed by atoms with Gasteiger partial charge in [0.15, 0.2) is 5.65 Å². The summed E-state index contributed by atoms with van der Waals surface area (Å²) in [7, 11) is 3.63. The van der Waals surface area contributed by atoms with Crippen molar-refractivity contribution < 1.29 is 9.53 Å². The molecule has 0 radical (unpaired) electrons. The van der Waals surface area contributed by atoms with Crippen LogP contribution in [0.2, 0.25) is 0 Å². The third-order valence-electron chi connectivity index (χ3n) is 5.41. The molecule has 1 aliphatic rings. The molecule has 0 saturated carbocycles. The molecule has 0 unspecified atom stereocenters. The summed E-state index contributed by atoms with van der Waals surface area (Å²) in [6.07, 6.45) is 5.71. The van der Waals surface area contributed by atoms with Crippen LogP contribution in [-0.2, 0) is 4.74 Å². The minimum atomic E-state index is 0.0188. The maximum atomic E-state index is 12.8. The van der Waals surface area contributed by atoms with Crippen molar-refractivity contribution in [3.8, 4) is 0 Å². The second-order valence-corrected chi connectivity index (χ2v) is 7.78. The Hall–Kier alpha value is -1.99. The first-order valence-electron chi connectivity index (χ1n) is 9.79. The average molecular weight is 374 g/mol. The zero-order chi connectivity index (χ0) is 19.4. The van der Waals surface area contributed by atoms with Crippen LogP contribution in [0.25, 0.3) is 11.2 Å². The van der Waals surface area contributed by atoms with Gasteiger partial charge in [-0.2, -0.15) is 0 Å². The van der Waals surface area contributed by atoms with Gasteiger partial charge in [0.1, 0.15) is 5.52 Å². The van der Waals surface area contributed by atoms with Gasteiger partial charge < -0.3 is 19.1 Å². The summed E-state index contributed by atoms with van der Waals surface area (Å²) in [5.74, 6) is 0.569. The monoisotopic (exact) mass is 373 g/mol. The number of hydrogen-bond donors (Lipinski definition) is 0. The normalized spacial score (nSPS) is 16.3. The van der Waals surface area contributed by atoms with Gasteiger partial charge in [-0.25, -0.2) is 9.97 Å². The molecule has 7 heteroatoms. The van der Waals surface area contributed by atoms with Crippen molar-refractivity contribution in [2.24, 2.45) is 5.92 Å². The molecular formula is C20H31N5O2. The molecular weight excluding hydrogens is 342 g/mol. The topological polar surface area (TPSA) is 63.5 Å². The number of carbonyl (C=O) groups is 1. The SMILES string of the molecule is COCCN1CCC(CN(C)C(=O)c2cnc3c(c2)ncn3C(C)C)CC1. The number of aromatic nitrogens is 3. The smallest absolute Gasteiger partial charge is 0.255 e. The summed E-state index contributed by atoms with van der Waals surface area (Å²) in [6, 6.07) is 2.15. The number of methoxy groups -OCH3 is 1. The highest BCUT2D eigenvalue weighted by atomic mass is 16.5. The van der Waals surface area contributed by atoms with Gasteiger partial charge in [-0.15, -0.1) is 0 Å². The number of piperidine rings is 1. The molecule has 3 heterocycles. The average Bonchev–Trinajstić information content (AvgIpc) is 3.10. The lowest BCUT2D eigenvalue weighted by molar-refractivity contribution is 0.0723. The number of imidazole rings is 1. The second-order valence-electron chi connectivity index (χ2n) is 7.78. The quantitative estimate of drug-likeness (QED) is 0.746. The Balaban J connectivity index is 1.58. The maximum absolute atomic E-state index is 12.8. The van der Waals surface area contributed by atoms with Gasteiger partial charge in [0.2, 0.25) is 0 Å². The predicted molar refractivity (Wildman–Crippen MR) is 106 cm³/mol. The van der Waals surface area contributed by atoms with Crippen molar-refractivity contribution in [1.29, 1.82) is 0 Å². The summed E-state index contributed by atoms with van der Waals surface area (Å²) in [5.41, 5.74) is 2.21. The fourth-order valence-electron chi connectivity index (χ4n) is 3.72. The molecule has 1 fully saturated rings. The molecule has 0 aromatic carbocycles. The van der Waals surface area contributed by atoms with Crippen LogP contribution < -0.4 is 0 Å². The lowest BCUT2D eigenvalue weighted by atomic mass is 9.96. The van der Waals surface area contributed by atoms with Crippen molar-refractivity contribution in [1.82, 2.24) is 24.3 Å². The fraction of sp³-hybridized carbons (Fsp3) is 0.650. The van der Waals surface area contributed by atoms with Gasteiger partial charge in [0.25, 0.3) is 5.91 Å². The van der Waals surface area contributed by atoms with Gasteiger partial charge in [0, 0.05) is 39.5 Å². The van der Waals surface area contributed by atoms with E-state index in [1.807, 2.05) is 22.6 Å². The van der Waals surface area contributed by atoms with Crippen LogP contribution in [0.1, 0.15) is 43.1 Å². The van der Waals surface area contributed by atoms with E-state index in [2.05, 4.69) is 28.7 Å². The molecule has 0 bridgehead atoms. The molecule has 0 atom stereocenters. The lowest BCUT2D eigenvalue weighted by Crippen LogP contribution is -2.40. The molecule has 1 aliphatic heterocycles. The van der Waals surface area contributed by atoms with Crippen LogP contribution in [0.4, 0.5) is 0 Å². The third kappa shape index (κ3) is 4.65. The molecule has 148 valence electrons. The van der Waals surface area contributed by atoms with E-state index in [-0.39, 0.29) is 5.91 Å². The summed E-state index contributed by atoms with van der Waals surface area (Å²) >= 11 is 0. The van der Waals surface area contributed by atoms with Crippen molar-refractivity contribution in [3.05, 3.63) is 24.2 Å². The Morgan fingerprint density at radius 1 is 1.33 bits per heavy atom. The van der Waals surface area contributed by atoms with E-state index < -0.39 is 0 Å². The van der Waals surface area contributed by atoms with Gasteiger partial charge in [-0.3, -0.25) is 4.79 Å². The highest BCUT2D eigenvalue weighted by molar-refractivity contribution is 5.96. The highest BCUT2D eigenvalue weighted by Gasteiger charge is 2.23. The van der Waals surface area contributed by atoms with Gasteiger partial charge in [-0.05, 0) is 51.8 Å². The molecule has 7 nitrogen and oxygen atoms in total. The Morgan fingerprint density at radius 2 is 2.07 bits per heavy atom. The van der Waals surface area contributed by atoms with E-state index in [4.69, 9.17) is 4.74 Å². The van der Waals surface area contributed by atoms with E-state index in [0.717, 1.165) is 56.8 Å². The number of rotatable bonds is 7. The van der Waals surface area contributed by atoms with Gasteiger partial charge >= 0.3 is 0 Å². The van der Waals surface area contributed by atoms with E-state index >= 15 is 0 Å². The Bertz CT molecular complexity index is 765. The first-order chi connectivity index (χ1) is 13.0. The number of hydrogen-bond acceptors (Lipinski definition) is 5. The molecule has 0 spiro atoms. The number of amides is 1. The van der Waals surface area contributed by atoms with E-state index in [1.54, 1.807) is 19.6 Å². The number of pyridine rings is 1. The Kier molecular flexibility index (Phi) is 6.44. The van der Waals surface area contributed by atoms with Crippen LogP contribution >= 0.6 is 0 Å². The van der Waals surface area contributed by atoms with Crippen molar-refractivity contribution in [2.75, 3.05) is 46.9 Å². The minimum absolute atomic E-state index is 0.0188. The molecule has 27 heavy (non-hydrogen) atoms. The minimum Gasteiger partial charge on any atom is -0.383 e. The number of nitrogens with zero attached hydrogens (tertiary/aromatic N) is 5. The fourth-order valence-corrected chi connectivity index (χ4v) is 3.72. The van der Waals surface area contributed by atoms with E-state index in [1.165, 1.54) is 0 Å². The summed E-state index contributed by atoms with van der Waals surface area (Å²) < 4.78 is 7.17. The largest absolute Gasteiger partial charge is 0.383 e. The molecule has 0 aliphatic carbocycles. The molecule has 0 N–H and O–H groups in total. The van der Waals surface area contributed by atoms with Crippen molar-refractivity contribution >= 4 is 17.1 Å². The summed E-state index contributed by atoms with van der Waals surface area (Å²) in [5, 5.41) is 0. The highest BCUT2D eigenvalue weighted by Crippen LogP contribution is 2.20. The van der Waals surface area contributed by atoms with Crippen LogP contribution in [0.15, 0.2) is 18.6 Å². The van der Waals surface area contributed by atoms with Crippen molar-refractivity contribution in [2.45, 2.75) is 32.7 Å². The Morgan fingerprint density at radius 3 is 2.74 bits per heavy atom. The maximum Gasteiger partial charge on any atom is 0.255 e. The van der Waals surface area contributed by atoms with Crippen LogP contribution in [0.5, 0.6) is 0 Å². The van der Waals surface area contributed by atoms with E-state index in [0.29, 0.717) is 17.5 Å². The first kappa shape index (κ1) is 19.8. The zero-order valence-corrected chi connectivity index (χ0v) is 16.9. The number of ether oxygens (including phenoxy) is 1. The predicted octanol–water partition coefficient (Wildman–Crippen LogP) is 2.44. The second kappa shape index (κ2) is 8.80. The first-order valence-corrected chi connectivity index (χ1v) is 9.79. The molecule has 2 aromatic heterocycles. The number of likely N-dealkylation sites (tertiary alicyclic amines) is 1. The van der Waals surface area contributed by atoms with Gasteiger partial charge in [0.05, 0.1) is 18.5 Å². The lowest BCUT2D eigenvalue weighted by Gasteiger charge is -2.33.